The molecule has 0 aromatic heterocycles. The van der Waals surface area contributed by atoms with Gasteiger partial charge in [0.25, 0.3) is 0 Å². The number of aliphatic hydroxyl groups is 1. The van der Waals surface area contributed by atoms with Gasteiger partial charge in [0.2, 0.25) is 0 Å². The second-order valence-corrected chi connectivity index (χ2v) is 8.61. The van der Waals surface area contributed by atoms with Gasteiger partial charge in [0, 0.05) is 0 Å². The third-order valence-electron chi connectivity index (χ3n) is 4.86. The zero-order chi connectivity index (χ0) is 24.1. The van der Waals surface area contributed by atoms with Crippen LogP contribution >= 0.6 is 0 Å². The van der Waals surface area contributed by atoms with Gasteiger partial charge in [-0.1, -0.05) is 69.3 Å². The normalized spacial score (nSPS) is 12.6. The fourth-order valence-electron chi connectivity index (χ4n) is 3.20. The van der Waals surface area contributed by atoms with Crippen LogP contribution in [0, 0.1) is 5.41 Å². The van der Waals surface area contributed by atoms with E-state index < -0.39 is 6.09 Å². The zero-order valence-electron chi connectivity index (χ0n) is 19.6. The molecule has 1 atom stereocenters. The number of carbonyl (C=O) groups is 1. The van der Waals surface area contributed by atoms with E-state index in [4.69, 9.17) is 24.4 Å². The van der Waals surface area contributed by atoms with Gasteiger partial charge in [0.05, 0.1) is 39.1 Å². The largest absolute Gasteiger partial charge is 0.491 e. The van der Waals surface area contributed by atoms with E-state index in [1.54, 1.807) is 0 Å². The maximum absolute atomic E-state index is 11.2. The van der Waals surface area contributed by atoms with Gasteiger partial charge < -0.3 is 29.7 Å². The van der Waals surface area contributed by atoms with Crippen molar-refractivity contribution in [3.8, 4) is 5.75 Å². The number of carboxylic acid groups (broad SMARTS) is 1. The van der Waals surface area contributed by atoms with Crippen molar-refractivity contribution < 1.29 is 29.2 Å². The SMILES string of the molecule is CC(C)(C)C(NC(=O)O)c1ccc(/C=C/c2ccc(OCCOCCOCCO)cc2)cc1. The molecule has 7 nitrogen and oxygen atoms in total. The number of benzene rings is 2. The van der Waals surface area contributed by atoms with Crippen LogP contribution in [0.1, 0.15) is 43.5 Å². The van der Waals surface area contributed by atoms with Crippen molar-refractivity contribution in [1.29, 1.82) is 0 Å². The molecule has 2 aromatic rings. The van der Waals surface area contributed by atoms with Crippen LogP contribution < -0.4 is 10.1 Å². The first-order valence-corrected chi connectivity index (χ1v) is 11.1. The average Bonchev–Trinajstić information content (AvgIpc) is 2.78. The van der Waals surface area contributed by atoms with Crippen LogP contribution in [-0.4, -0.2) is 55.9 Å². The summed E-state index contributed by atoms with van der Waals surface area (Å²) in [5, 5.41) is 20.4. The van der Waals surface area contributed by atoms with Gasteiger partial charge in [-0.05, 0) is 34.2 Å². The van der Waals surface area contributed by atoms with E-state index in [-0.39, 0.29) is 18.1 Å². The number of amides is 1. The van der Waals surface area contributed by atoms with Crippen molar-refractivity contribution in [3.63, 3.8) is 0 Å². The maximum Gasteiger partial charge on any atom is 0.405 e. The fraction of sp³-hybridized carbons (Fsp3) is 0.423. The molecule has 0 aliphatic heterocycles. The standard InChI is InChI=1S/C26H35NO6/c1-26(2,3)24(27-25(29)30)22-10-6-20(7-11-22)4-5-21-8-12-23(13-9-21)33-19-18-32-17-16-31-15-14-28/h4-13,24,27-28H,14-19H2,1-3H3,(H,29,30)/b5-4+. The minimum absolute atomic E-state index is 0.0186. The maximum atomic E-state index is 11.2. The molecule has 7 heteroatoms. The van der Waals surface area contributed by atoms with Crippen molar-refractivity contribution in [2.45, 2.75) is 26.8 Å². The highest BCUT2D eigenvalue weighted by molar-refractivity contribution is 5.70. The van der Waals surface area contributed by atoms with Crippen LogP contribution in [0.5, 0.6) is 5.75 Å². The molecular weight excluding hydrogens is 422 g/mol. The molecule has 0 spiro atoms. The van der Waals surface area contributed by atoms with Gasteiger partial charge in [-0.2, -0.15) is 0 Å². The molecule has 1 amide bonds. The van der Waals surface area contributed by atoms with E-state index in [9.17, 15) is 4.79 Å². The Labute approximate surface area is 196 Å². The molecule has 0 heterocycles. The number of nitrogens with one attached hydrogen (secondary N) is 1. The highest BCUT2D eigenvalue weighted by Gasteiger charge is 2.27. The van der Waals surface area contributed by atoms with Gasteiger partial charge in [0.15, 0.2) is 0 Å². The summed E-state index contributed by atoms with van der Waals surface area (Å²) in [6.07, 6.45) is 3.01. The average molecular weight is 458 g/mol. The zero-order valence-corrected chi connectivity index (χ0v) is 19.6. The first kappa shape index (κ1) is 26.4. The van der Waals surface area contributed by atoms with Crippen LogP contribution in [0.2, 0.25) is 0 Å². The van der Waals surface area contributed by atoms with Crippen molar-refractivity contribution in [2.24, 2.45) is 5.41 Å². The number of rotatable bonds is 13. The van der Waals surface area contributed by atoms with Gasteiger partial charge in [-0.3, -0.25) is 0 Å². The fourth-order valence-corrected chi connectivity index (χ4v) is 3.20. The monoisotopic (exact) mass is 457 g/mol. The van der Waals surface area contributed by atoms with Crippen molar-refractivity contribution in [3.05, 3.63) is 65.2 Å². The Hall–Kier alpha value is -2.87. The summed E-state index contributed by atoms with van der Waals surface area (Å²) in [4.78, 5) is 11.2. The quantitative estimate of drug-likeness (QED) is 0.300. The summed E-state index contributed by atoms with van der Waals surface area (Å²) >= 11 is 0. The predicted molar refractivity (Wildman–Crippen MR) is 129 cm³/mol. The first-order chi connectivity index (χ1) is 15.8. The molecule has 0 aliphatic rings. The number of hydrogen-bond acceptors (Lipinski definition) is 5. The molecule has 0 bridgehead atoms. The van der Waals surface area contributed by atoms with Crippen LogP contribution in [0.3, 0.4) is 0 Å². The van der Waals surface area contributed by atoms with E-state index in [0.717, 1.165) is 22.4 Å². The molecule has 0 saturated heterocycles. The van der Waals surface area contributed by atoms with Gasteiger partial charge in [0.1, 0.15) is 12.4 Å². The predicted octanol–water partition coefficient (Wildman–Crippen LogP) is 4.62. The van der Waals surface area contributed by atoms with E-state index in [2.05, 4.69) is 5.32 Å². The van der Waals surface area contributed by atoms with Gasteiger partial charge in [-0.25, -0.2) is 4.79 Å². The van der Waals surface area contributed by atoms with E-state index in [0.29, 0.717) is 33.0 Å². The molecule has 3 N–H and O–H groups in total. The van der Waals surface area contributed by atoms with Crippen molar-refractivity contribution in [2.75, 3.05) is 39.6 Å². The Bertz CT molecular complexity index is 856. The van der Waals surface area contributed by atoms with Crippen LogP contribution in [-0.2, 0) is 9.47 Å². The number of hydrogen-bond donors (Lipinski definition) is 3. The summed E-state index contributed by atoms with van der Waals surface area (Å²) in [5.41, 5.74) is 2.77. The number of ether oxygens (including phenoxy) is 3. The summed E-state index contributed by atoms with van der Waals surface area (Å²) in [6.45, 7) is 8.24. The second-order valence-electron chi connectivity index (χ2n) is 8.61. The lowest BCUT2D eigenvalue weighted by Crippen LogP contribution is -2.35. The Morgan fingerprint density at radius 1 is 0.879 bits per heavy atom. The van der Waals surface area contributed by atoms with Crippen LogP contribution in [0.4, 0.5) is 4.79 Å². The van der Waals surface area contributed by atoms with E-state index >= 15 is 0 Å². The first-order valence-electron chi connectivity index (χ1n) is 11.1. The topological polar surface area (TPSA) is 97.3 Å². The summed E-state index contributed by atoms with van der Waals surface area (Å²) in [5.74, 6) is 0.774. The van der Waals surface area contributed by atoms with Gasteiger partial charge in [-0.15, -0.1) is 0 Å². The Morgan fingerprint density at radius 2 is 1.39 bits per heavy atom. The highest BCUT2D eigenvalue weighted by Crippen LogP contribution is 2.33. The van der Waals surface area contributed by atoms with Gasteiger partial charge >= 0.3 is 6.09 Å². The Kier molecular flexibility index (Phi) is 10.9. The molecule has 0 radical (unpaired) electrons. The van der Waals surface area contributed by atoms with Crippen LogP contribution in [0.15, 0.2) is 48.5 Å². The third kappa shape index (κ3) is 10.1. The number of aliphatic hydroxyl groups excluding tert-OH is 1. The molecule has 0 aliphatic carbocycles. The Morgan fingerprint density at radius 3 is 1.91 bits per heavy atom. The summed E-state index contributed by atoms with van der Waals surface area (Å²) in [7, 11) is 0. The van der Waals surface area contributed by atoms with E-state index in [1.165, 1.54) is 0 Å². The molecule has 2 aromatic carbocycles. The van der Waals surface area contributed by atoms with E-state index in [1.807, 2.05) is 81.5 Å². The highest BCUT2D eigenvalue weighted by atomic mass is 16.5. The lowest BCUT2D eigenvalue weighted by atomic mass is 9.82. The molecule has 2 rings (SSSR count). The molecule has 0 fully saturated rings. The summed E-state index contributed by atoms with van der Waals surface area (Å²) < 4.78 is 16.2. The Balaban J connectivity index is 1.83. The lowest BCUT2D eigenvalue weighted by Gasteiger charge is -2.31. The molecule has 33 heavy (non-hydrogen) atoms. The second kappa shape index (κ2) is 13.6. The minimum atomic E-state index is -1.03. The summed E-state index contributed by atoms with van der Waals surface area (Å²) in [6, 6.07) is 15.4. The molecular formula is C26H35NO6. The lowest BCUT2D eigenvalue weighted by molar-refractivity contribution is 0.0247. The molecule has 180 valence electrons. The molecule has 1 unspecified atom stereocenters. The van der Waals surface area contributed by atoms with Crippen molar-refractivity contribution in [1.82, 2.24) is 5.32 Å². The minimum Gasteiger partial charge on any atom is -0.491 e. The molecule has 0 saturated carbocycles. The smallest absolute Gasteiger partial charge is 0.405 e. The third-order valence-corrected chi connectivity index (χ3v) is 4.86. The van der Waals surface area contributed by atoms with Crippen molar-refractivity contribution >= 4 is 18.2 Å². The van der Waals surface area contributed by atoms with Crippen LogP contribution in [0.25, 0.3) is 12.2 Å².